The number of aliphatic hydroxyl groups is 2. The molecule has 5 atom stereocenters. The van der Waals surface area contributed by atoms with E-state index in [1.807, 2.05) is 30.3 Å². The number of benzene rings is 2. The van der Waals surface area contributed by atoms with E-state index in [2.05, 4.69) is 0 Å². The largest absolute Gasteiger partial charge is 0.622 e. The highest BCUT2D eigenvalue weighted by Gasteiger charge is 2.57. The first-order chi connectivity index (χ1) is 12.0. The van der Waals surface area contributed by atoms with Crippen molar-refractivity contribution in [1.82, 2.24) is 0 Å². The van der Waals surface area contributed by atoms with Gasteiger partial charge in [0.25, 0.3) is 5.85 Å². The fourth-order valence-corrected chi connectivity index (χ4v) is 4.51. The Labute approximate surface area is 147 Å². The van der Waals surface area contributed by atoms with E-state index in [4.69, 9.17) is 13.8 Å². The van der Waals surface area contributed by atoms with Gasteiger partial charge in [-0.1, -0.05) is 48.5 Å². The quantitative estimate of drug-likeness (QED) is 0.787. The minimum Gasteiger partial charge on any atom is -0.622 e. The van der Waals surface area contributed by atoms with Crippen molar-refractivity contribution in [1.29, 1.82) is 0 Å². The zero-order chi connectivity index (χ0) is 17.9. The monoisotopic (exact) mass is 364 g/mol. The van der Waals surface area contributed by atoms with Crippen LogP contribution >= 0.6 is 7.94 Å². The van der Waals surface area contributed by atoms with Crippen molar-refractivity contribution < 1.29 is 28.9 Å². The molecule has 6 nitrogen and oxygen atoms in total. The third-order valence-electron chi connectivity index (χ3n) is 4.00. The van der Waals surface area contributed by atoms with Crippen LogP contribution in [0.15, 0.2) is 60.7 Å². The molecule has 2 N–H and O–H groups in total. The molecular weight excluding hydrogens is 343 g/mol. The van der Waals surface area contributed by atoms with Gasteiger partial charge in [-0.3, -0.25) is 0 Å². The molecular formula is C18H21O6P. The third kappa shape index (κ3) is 4.18. The molecule has 3 rings (SSSR count). The van der Waals surface area contributed by atoms with Gasteiger partial charge in [0, 0.05) is 0 Å². The van der Waals surface area contributed by atoms with Gasteiger partial charge in [0.05, 0.1) is 6.61 Å². The summed E-state index contributed by atoms with van der Waals surface area (Å²) in [5.41, 5.74) is 0.922. The molecule has 1 unspecified atom stereocenters. The summed E-state index contributed by atoms with van der Waals surface area (Å²) in [5, 5.41) is 20.7. The predicted octanol–water partition coefficient (Wildman–Crippen LogP) is 1.87. The summed E-state index contributed by atoms with van der Waals surface area (Å²) in [7, 11) is -3.95. The van der Waals surface area contributed by atoms with E-state index in [9.17, 15) is 15.1 Å². The topological polar surface area (TPSA) is 91.2 Å². The van der Waals surface area contributed by atoms with Gasteiger partial charge in [0.15, 0.2) is 5.75 Å². The summed E-state index contributed by atoms with van der Waals surface area (Å²) in [6.45, 7) is 1.87. The molecule has 1 aliphatic rings. The first kappa shape index (κ1) is 18.3. The molecule has 1 aliphatic heterocycles. The third-order valence-corrected chi connectivity index (χ3v) is 6.05. The molecule has 0 aromatic heterocycles. The Morgan fingerprint density at radius 1 is 1.04 bits per heavy atom. The van der Waals surface area contributed by atoms with Gasteiger partial charge in [-0.15, -0.1) is 0 Å². The number of aliphatic hydroxyl groups excluding tert-OH is 2. The Bertz CT molecular complexity index is 668. The highest BCUT2D eigenvalue weighted by atomic mass is 31.2. The SMILES string of the molecule is C[C@@H]1O[P+]([O-])(Oc2ccccc2)[C@H](O)[C@H](O)[C@H]1OCc1ccccc1. The van der Waals surface area contributed by atoms with Crippen LogP contribution in [0.3, 0.4) is 0 Å². The van der Waals surface area contributed by atoms with Crippen molar-refractivity contribution in [2.75, 3.05) is 0 Å². The van der Waals surface area contributed by atoms with Gasteiger partial charge in [0.1, 0.15) is 18.3 Å². The number of hydrogen-bond donors (Lipinski definition) is 2. The van der Waals surface area contributed by atoms with Crippen molar-refractivity contribution >= 4 is 7.94 Å². The van der Waals surface area contributed by atoms with Gasteiger partial charge in [-0.05, 0) is 24.6 Å². The lowest BCUT2D eigenvalue weighted by molar-refractivity contribution is -0.252. The van der Waals surface area contributed by atoms with Crippen LogP contribution in [0.2, 0.25) is 0 Å². The van der Waals surface area contributed by atoms with E-state index >= 15 is 0 Å². The summed E-state index contributed by atoms with van der Waals surface area (Å²) in [4.78, 5) is 12.9. The van der Waals surface area contributed by atoms with Crippen LogP contribution in [0, 0.1) is 0 Å². The molecule has 2 aromatic carbocycles. The number of ether oxygens (including phenoxy) is 1. The van der Waals surface area contributed by atoms with Crippen LogP contribution < -0.4 is 9.42 Å². The van der Waals surface area contributed by atoms with E-state index in [0.717, 1.165) is 5.56 Å². The fraction of sp³-hybridized carbons (Fsp3) is 0.333. The molecule has 0 spiro atoms. The smallest absolute Gasteiger partial charge is 0.317 e. The molecule has 0 aliphatic carbocycles. The van der Waals surface area contributed by atoms with Crippen LogP contribution in [0.4, 0.5) is 0 Å². The number of hydrogen-bond acceptors (Lipinski definition) is 6. The van der Waals surface area contributed by atoms with Crippen LogP contribution in [0.5, 0.6) is 5.75 Å². The van der Waals surface area contributed by atoms with Gasteiger partial charge in [-0.2, -0.15) is 4.52 Å². The van der Waals surface area contributed by atoms with Crippen molar-refractivity contribution in [3.05, 3.63) is 66.2 Å². The molecule has 1 fully saturated rings. The Kier molecular flexibility index (Phi) is 5.69. The second kappa shape index (κ2) is 7.79. The molecule has 134 valence electrons. The fourth-order valence-electron chi connectivity index (χ4n) is 2.69. The zero-order valence-electron chi connectivity index (χ0n) is 13.8. The summed E-state index contributed by atoms with van der Waals surface area (Å²) in [6.07, 6.45) is -2.92. The number of para-hydroxylation sites is 1. The second-order valence-corrected chi connectivity index (χ2v) is 7.92. The van der Waals surface area contributed by atoms with Crippen LogP contribution in [-0.2, 0) is 15.9 Å². The van der Waals surface area contributed by atoms with Gasteiger partial charge in [-0.25, -0.2) is 0 Å². The standard InChI is InChI=1S/C18H21O6P/c1-13-17(22-12-14-8-4-2-5-9-14)16(19)18(20)25(21,23-13)24-15-10-6-3-7-11-15/h2-11,13,16-20H,12H2,1H3/t13-,16+,17-,18-,25?/m0/s1. The van der Waals surface area contributed by atoms with Crippen molar-refractivity contribution in [2.45, 2.75) is 37.7 Å². The summed E-state index contributed by atoms with van der Waals surface area (Å²) in [5.74, 6) is -1.39. The second-order valence-electron chi connectivity index (χ2n) is 5.92. The van der Waals surface area contributed by atoms with Crippen LogP contribution in [0.1, 0.15) is 12.5 Å². The first-order valence-electron chi connectivity index (χ1n) is 8.04. The Balaban J connectivity index is 1.68. The summed E-state index contributed by atoms with van der Waals surface area (Å²) in [6, 6.07) is 17.8. The molecule has 1 saturated heterocycles. The van der Waals surface area contributed by atoms with Gasteiger partial charge >= 0.3 is 7.94 Å². The van der Waals surface area contributed by atoms with E-state index in [1.165, 1.54) is 0 Å². The molecule has 0 bridgehead atoms. The summed E-state index contributed by atoms with van der Waals surface area (Å²) < 4.78 is 16.5. The van der Waals surface area contributed by atoms with E-state index in [-0.39, 0.29) is 6.61 Å². The Hall–Kier alpha value is -1.53. The average Bonchev–Trinajstić information content (AvgIpc) is 2.61. The summed E-state index contributed by atoms with van der Waals surface area (Å²) >= 11 is 0. The van der Waals surface area contributed by atoms with Crippen molar-refractivity contribution in [3.8, 4) is 5.75 Å². The average molecular weight is 364 g/mol. The molecule has 25 heavy (non-hydrogen) atoms. The predicted molar refractivity (Wildman–Crippen MR) is 91.6 cm³/mol. The Morgan fingerprint density at radius 2 is 1.64 bits per heavy atom. The molecule has 1 heterocycles. The highest BCUT2D eigenvalue weighted by Crippen LogP contribution is 2.61. The lowest BCUT2D eigenvalue weighted by atomic mass is 10.1. The first-order valence-corrected chi connectivity index (χ1v) is 9.65. The maximum Gasteiger partial charge on any atom is 0.317 e. The van der Waals surface area contributed by atoms with Crippen LogP contribution in [-0.4, -0.2) is 34.4 Å². The van der Waals surface area contributed by atoms with E-state index in [1.54, 1.807) is 37.3 Å². The molecule has 0 radical (unpaired) electrons. The van der Waals surface area contributed by atoms with Crippen molar-refractivity contribution in [2.24, 2.45) is 0 Å². The zero-order valence-corrected chi connectivity index (χ0v) is 14.7. The van der Waals surface area contributed by atoms with Crippen molar-refractivity contribution in [3.63, 3.8) is 0 Å². The van der Waals surface area contributed by atoms with Gasteiger partial charge in [0.2, 0.25) is 0 Å². The molecule has 0 amide bonds. The lowest BCUT2D eigenvalue weighted by Crippen LogP contribution is -2.55. The minimum atomic E-state index is -3.95. The molecule has 2 aromatic rings. The maximum absolute atomic E-state index is 12.9. The highest BCUT2D eigenvalue weighted by molar-refractivity contribution is 7.60. The minimum absolute atomic E-state index is 0.243. The Morgan fingerprint density at radius 3 is 2.28 bits per heavy atom. The van der Waals surface area contributed by atoms with E-state index in [0.29, 0.717) is 5.75 Å². The normalized spacial score (nSPS) is 32.3. The molecule has 0 saturated carbocycles. The van der Waals surface area contributed by atoms with Gasteiger partial charge < -0.3 is 24.4 Å². The van der Waals surface area contributed by atoms with Crippen LogP contribution in [0.25, 0.3) is 0 Å². The number of rotatable bonds is 5. The lowest BCUT2D eigenvalue weighted by Gasteiger charge is -2.43. The maximum atomic E-state index is 12.9. The molecule has 7 heteroatoms. The van der Waals surface area contributed by atoms with E-state index < -0.39 is 32.1 Å².